The fourth-order valence-electron chi connectivity index (χ4n) is 1.00. The summed E-state index contributed by atoms with van der Waals surface area (Å²) < 4.78 is 6.48. The number of aryl methyl sites for hydroxylation is 1. The van der Waals surface area contributed by atoms with Gasteiger partial charge in [0.1, 0.15) is 5.82 Å². The third-order valence-corrected chi connectivity index (χ3v) is 5.53. The molecule has 0 fully saturated rings. The molecule has 2 heterocycles. The lowest BCUT2D eigenvalue weighted by Crippen LogP contribution is -1.81. The lowest BCUT2D eigenvalue weighted by atomic mass is 10.5. The minimum Gasteiger partial charge on any atom is -0.213 e. The van der Waals surface area contributed by atoms with Gasteiger partial charge in [-0.05, 0) is 33.5 Å². The van der Waals surface area contributed by atoms with Gasteiger partial charge in [-0.15, -0.1) is 11.3 Å². The molecule has 0 atom stereocenters. The van der Waals surface area contributed by atoms with Crippen LogP contribution in [0.25, 0.3) is 0 Å². The van der Waals surface area contributed by atoms with Gasteiger partial charge in [0.25, 0.3) is 0 Å². The molecular weight excluding hydrogens is 312 g/mol. The second-order valence-electron chi connectivity index (χ2n) is 2.85. The van der Waals surface area contributed by atoms with E-state index in [1.54, 1.807) is 23.1 Å². The zero-order chi connectivity index (χ0) is 10.7. The average molecular weight is 321 g/mol. The van der Waals surface area contributed by atoms with Crippen LogP contribution in [0.15, 0.2) is 20.3 Å². The van der Waals surface area contributed by atoms with Crippen LogP contribution in [0.1, 0.15) is 17.6 Å². The topological polar surface area (TPSA) is 25.8 Å². The van der Waals surface area contributed by atoms with Crippen LogP contribution in [-0.4, -0.2) is 9.36 Å². The fourth-order valence-corrected chi connectivity index (χ4v) is 4.20. The molecule has 0 saturated carbocycles. The van der Waals surface area contributed by atoms with Gasteiger partial charge in [0.2, 0.25) is 0 Å². The number of hydrogen-bond donors (Lipinski definition) is 0. The van der Waals surface area contributed by atoms with E-state index in [0.29, 0.717) is 0 Å². The molecule has 0 aliphatic heterocycles. The summed E-state index contributed by atoms with van der Waals surface area (Å²) in [5.41, 5.74) is 0. The molecule has 0 unspecified atom stereocenters. The molecule has 0 aliphatic rings. The summed E-state index contributed by atoms with van der Waals surface area (Å²) in [6.07, 6.45) is 0.918. The van der Waals surface area contributed by atoms with Gasteiger partial charge in [-0.25, -0.2) is 4.98 Å². The summed E-state index contributed by atoms with van der Waals surface area (Å²) in [6, 6.07) is 2.15. The number of halogens is 1. The Balaban J connectivity index is 1.93. The normalized spacial score (nSPS) is 10.8. The smallest absolute Gasteiger partial charge is 0.170 e. The molecule has 0 bridgehead atoms. The first-order valence-electron chi connectivity index (χ1n) is 4.46. The maximum Gasteiger partial charge on any atom is 0.170 e. The van der Waals surface area contributed by atoms with Crippen molar-refractivity contribution in [1.82, 2.24) is 9.36 Å². The molecule has 6 heteroatoms. The number of aromatic nitrogens is 2. The van der Waals surface area contributed by atoms with Crippen molar-refractivity contribution in [3.63, 3.8) is 0 Å². The van der Waals surface area contributed by atoms with Crippen molar-refractivity contribution in [2.24, 2.45) is 0 Å². The summed E-state index contributed by atoms with van der Waals surface area (Å²) >= 11 is 8.47. The van der Waals surface area contributed by atoms with E-state index in [1.807, 2.05) is 0 Å². The second-order valence-corrected chi connectivity index (χ2v) is 6.74. The van der Waals surface area contributed by atoms with E-state index in [4.69, 9.17) is 0 Å². The molecule has 0 saturated heterocycles. The van der Waals surface area contributed by atoms with E-state index >= 15 is 0 Å². The van der Waals surface area contributed by atoms with Gasteiger partial charge >= 0.3 is 0 Å². The minimum atomic E-state index is 0.918. The zero-order valence-corrected chi connectivity index (χ0v) is 12.1. The summed E-state index contributed by atoms with van der Waals surface area (Å²) in [7, 11) is 0. The molecule has 0 amide bonds. The molecule has 0 N–H and O–H groups in total. The van der Waals surface area contributed by atoms with Crippen molar-refractivity contribution in [2.75, 3.05) is 0 Å². The Kier molecular flexibility index (Phi) is 4.19. The fraction of sp³-hybridized carbons (Fsp3) is 0.333. The summed E-state index contributed by atoms with van der Waals surface area (Å²) in [6.45, 7) is 2.08. The SMILES string of the molecule is CCc1nsc(SCc2cc(Br)cs2)n1. The van der Waals surface area contributed by atoms with Crippen LogP contribution in [0.3, 0.4) is 0 Å². The van der Waals surface area contributed by atoms with Gasteiger partial charge < -0.3 is 0 Å². The summed E-state index contributed by atoms with van der Waals surface area (Å²) in [4.78, 5) is 5.78. The Hall–Kier alpha value is 0.0900. The lowest BCUT2D eigenvalue weighted by Gasteiger charge is -1.92. The standard InChI is InChI=1S/C9H9BrN2S3/c1-2-8-11-9(15-12-8)14-5-7-3-6(10)4-13-7/h3-4H,2,5H2,1H3. The van der Waals surface area contributed by atoms with Crippen LogP contribution in [0.2, 0.25) is 0 Å². The van der Waals surface area contributed by atoms with Gasteiger partial charge in [-0.2, -0.15) is 4.37 Å². The first-order chi connectivity index (χ1) is 7.28. The third-order valence-electron chi connectivity index (χ3n) is 1.73. The molecule has 2 nitrogen and oxygen atoms in total. The van der Waals surface area contributed by atoms with Crippen LogP contribution >= 0.6 is 50.6 Å². The van der Waals surface area contributed by atoms with Crippen molar-refractivity contribution in [2.45, 2.75) is 23.4 Å². The van der Waals surface area contributed by atoms with Gasteiger partial charge in [0.15, 0.2) is 4.34 Å². The van der Waals surface area contributed by atoms with Crippen molar-refractivity contribution >= 4 is 50.6 Å². The van der Waals surface area contributed by atoms with E-state index in [9.17, 15) is 0 Å². The largest absolute Gasteiger partial charge is 0.213 e. The highest BCUT2D eigenvalue weighted by atomic mass is 79.9. The van der Waals surface area contributed by atoms with Crippen molar-refractivity contribution in [3.8, 4) is 0 Å². The summed E-state index contributed by atoms with van der Waals surface area (Å²) in [5, 5.41) is 2.10. The first kappa shape index (κ1) is 11.6. The van der Waals surface area contributed by atoms with Crippen molar-refractivity contribution in [1.29, 1.82) is 0 Å². The first-order valence-corrected chi connectivity index (χ1v) is 7.89. The maximum absolute atomic E-state index is 4.41. The number of rotatable bonds is 4. The van der Waals surface area contributed by atoms with Gasteiger partial charge in [-0.3, -0.25) is 0 Å². The molecule has 80 valence electrons. The monoisotopic (exact) mass is 320 g/mol. The number of thioether (sulfide) groups is 1. The Bertz CT molecular complexity index is 438. The molecule has 2 aromatic rings. The highest BCUT2D eigenvalue weighted by Gasteiger charge is 2.04. The van der Waals surface area contributed by atoms with E-state index in [0.717, 1.165) is 26.8 Å². The Morgan fingerprint density at radius 1 is 1.53 bits per heavy atom. The van der Waals surface area contributed by atoms with E-state index in [1.165, 1.54) is 16.4 Å². The minimum absolute atomic E-state index is 0.918. The van der Waals surface area contributed by atoms with Crippen molar-refractivity contribution < 1.29 is 0 Å². The van der Waals surface area contributed by atoms with Crippen LogP contribution < -0.4 is 0 Å². The Morgan fingerprint density at radius 3 is 3.00 bits per heavy atom. The van der Waals surface area contributed by atoms with Crippen LogP contribution in [0.5, 0.6) is 0 Å². The summed E-state index contributed by atoms with van der Waals surface area (Å²) in [5.74, 6) is 1.93. The molecule has 0 radical (unpaired) electrons. The van der Waals surface area contributed by atoms with Gasteiger partial charge in [-0.1, -0.05) is 18.7 Å². The predicted molar refractivity (Wildman–Crippen MR) is 70.9 cm³/mol. The lowest BCUT2D eigenvalue weighted by molar-refractivity contribution is 0.971. The Labute approximate surface area is 109 Å². The maximum atomic E-state index is 4.41. The van der Waals surface area contributed by atoms with Crippen LogP contribution in [0, 0.1) is 0 Å². The van der Waals surface area contributed by atoms with Gasteiger partial charge in [0.05, 0.1) is 0 Å². The number of thiophene rings is 1. The van der Waals surface area contributed by atoms with E-state index < -0.39 is 0 Å². The van der Waals surface area contributed by atoms with E-state index in [-0.39, 0.29) is 0 Å². The molecule has 15 heavy (non-hydrogen) atoms. The average Bonchev–Trinajstić information content (AvgIpc) is 2.83. The highest BCUT2D eigenvalue weighted by molar-refractivity contribution is 9.10. The third kappa shape index (κ3) is 3.27. The molecule has 2 aromatic heterocycles. The molecular formula is C9H9BrN2S3. The number of nitrogens with zero attached hydrogens (tertiary/aromatic N) is 2. The molecule has 2 rings (SSSR count). The Morgan fingerprint density at radius 2 is 2.40 bits per heavy atom. The van der Waals surface area contributed by atoms with Crippen LogP contribution in [-0.2, 0) is 12.2 Å². The van der Waals surface area contributed by atoms with Crippen molar-refractivity contribution in [3.05, 3.63) is 26.6 Å². The second kappa shape index (κ2) is 5.43. The van der Waals surface area contributed by atoms with Crippen LogP contribution in [0.4, 0.5) is 0 Å². The molecule has 0 aromatic carbocycles. The predicted octanol–water partition coefficient (Wildman–Crippen LogP) is 4.22. The molecule has 0 aliphatic carbocycles. The highest BCUT2D eigenvalue weighted by Crippen LogP contribution is 2.28. The quantitative estimate of drug-likeness (QED) is 0.789. The zero-order valence-electron chi connectivity index (χ0n) is 8.07. The molecule has 0 spiro atoms. The number of hydrogen-bond acceptors (Lipinski definition) is 5. The van der Waals surface area contributed by atoms with E-state index in [2.05, 4.69) is 43.7 Å². The van der Waals surface area contributed by atoms with Gasteiger partial charge in [0, 0.05) is 26.9 Å².